The van der Waals surface area contributed by atoms with Crippen molar-refractivity contribution in [2.45, 2.75) is 18.9 Å². The zero-order valence-electron chi connectivity index (χ0n) is 10.6. The highest BCUT2D eigenvalue weighted by Gasteiger charge is 2.18. The van der Waals surface area contributed by atoms with Gasteiger partial charge in [-0.15, -0.1) is 11.3 Å². The number of carbonyl (C=O) groups excluding carboxylic acids is 1. The number of carbonyl (C=O) groups is 1. The summed E-state index contributed by atoms with van der Waals surface area (Å²) >= 11 is 1.54. The Balaban J connectivity index is 2.14. The highest BCUT2D eigenvalue weighted by atomic mass is 32.1. The second-order valence-electron chi connectivity index (χ2n) is 4.17. The lowest BCUT2D eigenvalue weighted by Crippen LogP contribution is -2.29. The van der Waals surface area contributed by atoms with Gasteiger partial charge < -0.3 is 11.1 Å². The van der Waals surface area contributed by atoms with Crippen molar-refractivity contribution in [3.05, 3.63) is 52.5 Å². The van der Waals surface area contributed by atoms with Crippen molar-refractivity contribution in [1.29, 1.82) is 0 Å². The SMILES string of the molecule is NCCCC(=O)NC(c1ccccc1)c1nccs1. The van der Waals surface area contributed by atoms with Crippen molar-refractivity contribution in [3.8, 4) is 0 Å². The number of aromatic nitrogens is 1. The molecule has 1 unspecified atom stereocenters. The van der Waals surface area contributed by atoms with Gasteiger partial charge in [-0.3, -0.25) is 4.79 Å². The first-order valence-corrected chi connectivity index (χ1v) is 7.13. The Hall–Kier alpha value is -1.72. The molecule has 0 aliphatic carbocycles. The van der Waals surface area contributed by atoms with E-state index in [0.29, 0.717) is 19.4 Å². The van der Waals surface area contributed by atoms with E-state index in [2.05, 4.69) is 10.3 Å². The standard InChI is InChI=1S/C14H17N3OS/c15-8-4-7-12(18)17-13(14-16-9-10-19-14)11-5-2-1-3-6-11/h1-3,5-6,9-10,13H,4,7-8,15H2,(H,17,18). The minimum atomic E-state index is -0.175. The predicted molar refractivity (Wildman–Crippen MR) is 76.8 cm³/mol. The quantitative estimate of drug-likeness (QED) is 0.848. The van der Waals surface area contributed by atoms with Gasteiger partial charge in [0.15, 0.2) is 0 Å². The van der Waals surface area contributed by atoms with Crippen molar-refractivity contribution in [2.75, 3.05) is 6.54 Å². The number of nitrogens with two attached hydrogens (primary N) is 1. The van der Waals surface area contributed by atoms with Gasteiger partial charge in [0.05, 0.1) is 0 Å². The van der Waals surface area contributed by atoms with Crippen LogP contribution in [0.2, 0.25) is 0 Å². The number of rotatable bonds is 6. The molecular weight excluding hydrogens is 258 g/mol. The van der Waals surface area contributed by atoms with E-state index in [4.69, 9.17) is 5.73 Å². The summed E-state index contributed by atoms with van der Waals surface area (Å²) in [4.78, 5) is 16.2. The molecule has 3 N–H and O–H groups in total. The predicted octanol–water partition coefficient (Wildman–Crippen LogP) is 2.09. The van der Waals surface area contributed by atoms with Crippen LogP contribution < -0.4 is 11.1 Å². The fourth-order valence-corrected chi connectivity index (χ4v) is 2.52. The number of hydrogen-bond donors (Lipinski definition) is 2. The number of nitrogens with zero attached hydrogens (tertiary/aromatic N) is 1. The van der Waals surface area contributed by atoms with Crippen LogP contribution in [0.25, 0.3) is 0 Å². The third-order valence-electron chi connectivity index (χ3n) is 2.74. The van der Waals surface area contributed by atoms with E-state index in [9.17, 15) is 4.79 Å². The molecule has 100 valence electrons. The minimum absolute atomic E-state index is 0.00880. The molecule has 1 atom stereocenters. The van der Waals surface area contributed by atoms with Crippen LogP contribution in [0, 0.1) is 0 Å². The van der Waals surface area contributed by atoms with Crippen LogP contribution in [0.3, 0.4) is 0 Å². The van der Waals surface area contributed by atoms with Gasteiger partial charge in [0.25, 0.3) is 0 Å². The lowest BCUT2D eigenvalue weighted by Gasteiger charge is -2.17. The molecule has 19 heavy (non-hydrogen) atoms. The van der Waals surface area contributed by atoms with E-state index in [1.54, 1.807) is 17.5 Å². The molecule has 0 radical (unpaired) electrons. The number of benzene rings is 1. The third kappa shape index (κ3) is 3.87. The monoisotopic (exact) mass is 275 g/mol. The molecule has 4 nitrogen and oxygen atoms in total. The Morgan fingerprint density at radius 3 is 2.79 bits per heavy atom. The molecule has 1 amide bonds. The molecule has 5 heteroatoms. The summed E-state index contributed by atoms with van der Waals surface area (Å²) in [6.45, 7) is 0.528. The first kappa shape index (κ1) is 13.7. The highest BCUT2D eigenvalue weighted by molar-refractivity contribution is 7.09. The van der Waals surface area contributed by atoms with Crippen LogP contribution in [0.1, 0.15) is 29.5 Å². The van der Waals surface area contributed by atoms with Gasteiger partial charge in [0.2, 0.25) is 5.91 Å². The van der Waals surface area contributed by atoms with Crippen LogP contribution in [-0.2, 0) is 4.79 Å². The number of amides is 1. The molecule has 0 saturated carbocycles. The van der Waals surface area contributed by atoms with Crippen molar-refractivity contribution in [1.82, 2.24) is 10.3 Å². The van der Waals surface area contributed by atoms with Crippen molar-refractivity contribution in [2.24, 2.45) is 5.73 Å². The van der Waals surface area contributed by atoms with Gasteiger partial charge in [-0.1, -0.05) is 30.3 Å². The average molecular weight is 275 g/mol. The van der Waals surface area contributed by atoms with Gasteiger partial charge >= 0.3 is 0 Å². The molecule has 1 aromatic heterocycles. The summed E-state index contributed by atoms with van der Waals surface area (Å²) in [5, 5.41) is 5.83. The normalized spacial score (nSPS) is 12.1. The van der Waals surface area contributed by atoms with E-state index in [0.717, 1.165) is 10.6 Å². The lowest BCUT2D eigenvalue weighted by atomic mass is 10.1. The van der Waals surface area contributed by atoms with Crippen molar-refractivity contribution < 1.29 is 4.79 Å². The van der Waals surface area contributed by atoms with Gasteiger partial charge in [-0.25, -0.2) is 4.98 Å². The molecule has 2 rings (SSSR count). The lowest BCUT2D eigenvalue weighted by molar-refractivity contribution is -0.121. The second kappa shape index (κ2) is 7.01. The molecular formula is C14H17N3OS. The summed E-state index contributed by atoms with van der Waals surface area (Å²) in [6.07, 6.45) is 2.90. The molecule has 0 spiro atoms. The summed E-state index contributed by atoms with van der Waals surface area (Å²) in [5.74, 6) is 0.00880. The maximum absolute atomic E-state index is 11.9. The third-order valence-corrected chi connectivity index (χ3v) is 3.58. The van der Waals surface area contributed by atoms with E-state index >= 15 is 0 Å². The molecule has 0 aliphatic rings. The summed E-state index contributed by atoms with van der Waals surface area (Å²) in [6, 6.07) is 9.69. The average Bonchev–Trinajstić information content (AvgIpc) is 2.97. The van der Waals surface area contributed by atoms with Crippen LogP contribution >= 0.6 is 11.3 Å². The van der Waals surface area contributed by atoms with Gasteiger partial charge in [0, 0.05) is 18.0 Å². The Morgan fingerprint density at radius 1 is 1.37 bits per heavy atom. The molecule has 1 heterocycles. The smallest absolute Gasteiger partial charge is 0.220 e. The van der Waals surface area contributed by atoms with E-state index in [1.807, 2.05) is 35.7 Å². The topological polar surface area (TPSA) is 68.0 Å². The summed E-state index contributed by atoms with van der Waals surface area (Å²) in [7, 11) is 0. The fraction of sp³-hybridized carbons (Fsp3) is 0.286. The Labute approximate surface area is 116 Å². The van der Waals surface area contributed by atoms with Crippen LogP contribution in [0.15, 0.2) is 41.9 Å². The zero-order chi connectivity index (χ0) is 13.5. The molecule has 0 aliphatic heterocycles. The molecule has 0 bridgehead atoms. The molecule has 0 fully saturated rings. The van der Waals surface area contributed by atoms with Crippen LogP contribution in [-0.4, -0.2) is 17.4 Å². The van der Waals surface area contributed by atoms with Gasteiger partial charge in [-0.2, -0.15) is 0 Å². The first-order chi connectivity index (χ1) is 9.31. The first-order valence-electron chi connectivity index (χ1n) is 6.25. The molecule has 0 saturated heterocycles. The molecule has 2 aromatic rings. The largest absolute Gasteiger partial charge is 0.343 e. The second-order valence-corrected chi connectivity index (χ2v) is 5.10. The van der Waals surface area contributed by atoms with Gasteiger partial charge in [0.1, 0.15) is 11.0 Å². The zero-order valence-corrected chi connectivity index (χ0v) is 11.4. The maximum Gasteiger partial charge on any atom is 0.220 e. The van der Waals surface area contributed by atoms with Crippen LogP contribution in [0.4, 0.5) is 0 Å². The highest BCUT2D eigenvalue weighted by Crippen LogP contribution is 2.23. The van der Waals surface area contributed by atoms with E-state index in [1.165, 1.54) is 0 Å². The maximum atomic E-state index is 11.9. The summed E-state index contributed by atoms with van der Waals surface area (Å²) < 4.78 is 0. The van der Waals surface area contributed by atoms with Gasteiger partial charge in [-0.05, 0) is 18.5 Å². The summed E-state index contributed by atoms with van der Waals surface area (Å²) in [5.41, 5.74) is 6.46. The number of nitrogens with one attached hydrogen (secondary N) is 1. The fourth-order valence-electron chi connectivity index (χ4n) is 1.81. The van der Waals surface area contributed by atoms with Crippen LogP contribution in [0.5, 0.6) is 0 Å². The minimum Gasteiger partial charge on any atom is -0.343 e. The van der Waals surface area contributed by atoms with Crippen molar-refractivity contribution in [3.63, 3.8) is 0 Å². The Kier molecular flexibility index (Phi) is 5.06. The van der Waals surface area contributed by atoms with E-state index < -0.39 is 0 Å². The Morgan fingerprint density at radius 2 is 2.16 bits per heavy atom. The van der Waals surface area contributed by atoms with Crippen molar-refractivity contribution >= 4 is 17.2 Å². The van der Waals surface area contributed by atoms with E-state index in [-0.39, 0.29) is 11.9 Å². The molecule has 1 aromatic carbocycles. The Bertz CT molecular complexity index is 499. The number of hydrogen-bond acceptors (Lipinski definition) is 4. The number of thiazole rings is 1.